The summed E-state index contributed by atoms with van der Waals surface area (Å²) >= 11 is 6.72. The van der Waals surface area contributed by atoms with Crippen molar-refractivity contribution in [1.29, 1.82) is 0 Å². The number of fused-ring (bicyclic) bond motifs is 1. The molecule has 31 heavy (non-hydrogen) atoms. The van der Waals surface area contributed by atoms with E-state index in [9.17, 15) is 18.0 Å². The molecule has 7 nitrogen and oxygen atoms in total. The number of esters is 1. The van der Waals surface area contributed by atoms with Gasteiger partial charge in [0.05, 0.1) is 15.6 Å². The molecule has 0 radical (unpaired) electrons. The first kappa shape index (κ1) is 21.4. The molecule has 0 unspecified atom stereocenters. The van der Waals surface area contributed by atoms with E-state index < -0.39 is 22.6 Å². The number of amides is 1. The lowest BCUT2D eigenvalue weighted by Crippen LogP contribution is -2.33. The Balaban J connectivity index is 1.46. The van der Waals surface area contributed by atoms with Gasteiger partial charge in [0, 0.05) is 12.2 Å². The molecule has 0 saturated carbocycles. The molecule has 1 aromatic heterocycles. The monoisotopic (exact) mass is 476 g/mol. The van der Waals surface area contributed by atoms with Crippen LogP contribution < -0.4 is 9.62 Å². The molecule has 0 bridgehead atoms. The highest BCUT2D eigenvalue weighted by Crippen LogP contribution is 2.29. The van der Waals surface area contributed by atoms with Crippen molar-refractivity contribution in [1.82, 2.24) is 0 Å². The van der Waals surface area contributed by atoms with Crippen LogP contribution in [0.3, 0.4) is 0 Å². The van der Waals surface area contributed by atoms with Gasteiger partial charge in [0.1, 0.15) is 4.21 Å². The van der Waals surface area contributed by atoms with Gasteiger partial charge in [-0.05, 0) is 42.3 Å². The summed E-state index contributed by atoms with van der Waals surface area (Å²) in [5, 5.41) is 0. The molecule has 0 fully saturated rings. The number of hydrogen-bond acceptors (Lipinski definition) is 6. The van der Waals surface area contributed by atoms with E-state index in [2.05, 4.69) is 4.72 Å². The number of para-hydroxylation sites is 2. The van der Waals surface area contributed by atoms with E-state index in [1.165, 1.54) is 24.3 Å². The molecule has 10 heteroatoms. The Morgan fingerprint density at radius 3 is 2.58 bits per heavy atom. The van der Waals surface area contributed by atoms with E-state index in [0.29, 0.717) is 10.9 Å². The molecule has 1 aliphatic rings. The first-order valence-corrected chi connectivity index (χ1v) is 12.0. The Morgan fingerprint density at radius 1 is 1.06 bits per heavy atom. The van der Waals surface area contributed by atoms with Gasteiger partial charge >= 0.3 is 5.97 Å². The summed E-state index contributed by atoms with van der Waals surface area (Å²) in [6.07, 6.45) is 0.743. The molecular formula is C21H17ClN2O5S2. The number of benzene rings is 2. The van der Waals surface area contributed by atoms with Crippen molar-refractivity contribution < 1.29 is 22.7 Å². The van der Waals surface area contributed by atoms with Gasteiger partial charge in [-0.15, -0.1) is 11.3 Å². The summed E-state index contributed by atoms with van der Waals surface area (Å²) in [4.78, 5) is 26.8. The average Bonchev–Trinajstić information content (AvgIpc) is 3.39. The van der Waals surface area contributed by atoms with Gasteiger partial charge in [-0.2, -0.15) is 0 Å². The SMILES string of the molecule is O=C(OCC(=O)N1CCc2ccccc21)c1ccccc1NS(=O)(=O)c1ccc(Cl)s1. The molecule has 0 saturated heterocycles. The standard InChI is InChI=1S/C21H17ClN2O5S2/c22-18-9-10-20(30-18)31(27,28)23-16-7-3-2-6-15(16)21(26)29-13-19(25)24-12-11-14-5-1-4-8-17(14)24/h1-10,23H,11-13H2. The third-order valence-corrected chi connectivity index (χ3v) is 7.81. The van der Waals surface area contributed by atoms with E-state index in [1.807, 2.05) is 24.3 Å². The zero-order valence-electron chi connectivity index (χ0n) is 16.1. The first-order chi connectivity index (χ1) is 14.8. The fraction of sp³-hybridized carbons (Fsp3) is 0.143. The highest BCUT2D eigenvalue weighted by atomic mass is 35.5. The van der Waals surface area contributed by atoms with Gasteiger partial charge in [0.2, 0.25) is 0 Å². The predicted octanol–water partition coefficient (Wildman–Crippen LogP) is 3.95. The van der Waals surface area contributed by atoms with Gasteiger partial charge in [0.15, 0.2) is 6.61 Å². The minimum atomic E-state index is -3.93. The smallest absolute Gasteiger partial charge is 0.340 e. The van der Waals surface area contributed by atoms with Gasteiger partial charge < -0.3 is 9.64 Å². The van der Waals surface area contributed by atoms with Crippen LogP contribution in [0.25, 0.3) is 0 Å². The summed E-state index contributed by atoms with van der Waals surface area (Å²) in [6.45, 7) is 0.0737. The maximum atomic E-state index is 12.6. The normalized spacial score (nSPS) is 13.0. The first-order valence-electron chi connectivity index (χ1n) is 9.28. The quantitative estimate of drug-likeness (QED) is 0.544. The molecule has 0 spiro atoms. The van der Waals surface area contributed by atoms with Crippen molar-refractivity contribution in [2.45, 2.75) is 10.6 Å². The molecule has 1 N–H and O–H groups in total. The summed E-state index contributed by atoms with van der Waals surface area (Å²) in [5.74, 6) is -1.15. The summed E-state index contributed by atoms with van der Waals surface area (Å²) in [6, 6.07) is 16.5. The summed E-state index contributed by atoms with van der Waals surface area (Å²) in [7, 11) is -3.93. The maximum Gasteiger partial charge on any atom is 0.340 e. The van der Waals surface area contributed by atoms with Crippen molar-refractivity contribution >= 4 is 56.2 Å². The van der Waals surface area contributed by atoms with E-state index >= 15 is 0 Å². The largest absolute Gasteiger partial charge is 0.452 e. The van der Waals surface area contributed by atoms with Crippen molar-refractivity contribution in [3.63, 3.8) is 0 Å². The third kappa shape index (κ3) is 4.58. The van der Waals surface area contributed by atoms with Gasteiger partial charge in [-0.1, -0.05) is 41.9 Å². The molecule has 4 rings (SSSR count). The molecular weight excluding hydrogens is 460 g/mol. The third-order valence-electron chi connectivity index (χ3n) is 4.72. The van der Waals surface area contributed by atoms with Crippen LogP contribution >= 0.6 is 22.9 Å². The predicted molar refractivity (Wildman–Crippen MR) is 119 cm³/mol. The molecule has 160 valence electrons. The number of anilines is 2. The van der Waals surface area contributed by atoms with Crippen molar-refractivity contribution in [2.24, 2.45) is 0 Å². The minimum absolute atomic E-state index is 0.00310. The lowest BCUT2D eigenvalue weighted by Gasteiger charge is -2.17. The number of rotatable bonds is 6. The molecule has 3 aromatic rings. The second-order valence-electron chi connectivity index (χ2n) is 6.71. The van der Waals surface area contributed by atoms with Crippen molar-refractivity contribution in [3.8, 4) is 0 Å². The summed E-state index contributed by atoms with van der Waals surface area (Å²) in [5.41, 5.74) is 1.93. The minimum Gasteiger partial charge on any atom is -0.452 e. The lowest BCUT2D eigenvalue weighted by molar-refractivity contribution is -0.121. The van der Waals surface area contributed by atoms with Crippen LogP contribution in [0, 0.1) is 0 Å². The van der Waals surface area contributed by atoms with Gasteiger partial charge in [-0.3, -0.25) is 9.52 Å². The molecule has 2 heterocycles. The second-order valence-corrected chi connectivity index (χ2v) is 10.3. The highest BCUT2D eigenvalue weighted by Gasteiger charge is 2.26. The van der Waals surface area contributed by atoms with E-state index in [1.54, 1.807) is 17.0 Å². The van der Waals surface area contributed by atoms with Crippen LogP contribution in [0.15, 0.2) is 64.9 Å². The number of ether oxygens (including phenoxy) is 1. The highest BCUT2D eigenvalue weighted by molar-refractivity contribution is 7.94. The molecule has 2 aromatic carbocycles. The van der Waals surface area contributed by atoms with E-state index in [0.717, 1.165) is 29.0 Å². The van der Waals surface area contributed by atoms with Crippen molar-refractivity contribution in [3.05, 3.63) is 76.1 Å². The molecule has 0 aliphatic carbocycles. The van der Waals surface area contributed by atoms with Crippen LogP contribution in [0.1, 0.15) is 15.9 Å². The van der Waals surface area contributed by atoms with Crippen LogP contribution in [0.2, 0.25) is 4.34 Å². The Morgan fingerprint density at radius 2 is 1.81 bits per heavy atom. The molecule has 1 amide bonds. The zero-order valence-corrected chi connectivity index (χ0v) is 18.5. The Labute approximate surface area is 188 Å². The molecule has 0 atom stereocenters. The number of sulfonamides is 1. The Hall–Kier alpha value is -2.88. The van der Waals surface area contributed by atoms with E-state index in [-0.39, 0.29) is 21.4 Å². The average molecular weight is 477 g/mol. The number of thiophene rings is 1. The Kier molecular flexibility index (Phi) is 5.99. The fourth-order valence-electron chi connectivity index (χ4n) is 3.27. The lowest BCUT2D eigenvalue weighted by atomic mass is 10.2. The zero-order chi connectivity index (χ0) is 22.0. The van der Waals surface area contributed by atoms with E-state index in [4.69, 9.17) is 16.3 Å². The van der Waals surface area contributed by atoms with Crippen LogP contribution in [0.4, 0.5) is 11.4 Å². The maximum absolute atomic E-state index is 12.6. The fourth-order valence-corrected chi connectivity index (χ4v) is 5.83. The van der Waals surface area contributed by atoms with Crippen LogP contribution in [0.5, 0.6) is 0 Å². The Bertz CT molecular complexity index is 1260. The number of nitrogens with zero attached hydrogens (tertiary/aromatic N) is 1. The van der Waals surface area contributed by atoms with Crippen molar-refractivity contribution in [2.75, 3.05) is 22.8 Å². The topological polar surface area (TPSA) is 92.8 Å². The molecule has 1 aliphatic heterocycles. The number of halogens is 1. The van der Waals surface area contributed by atoms with Gasteiger partial charge in [0.25, 0.3) is 15.9 Å². The second kappa shape index (κ2) is 8.70. The van der Waals surface area contributed by atoms with Gasteiger partial charge in [-0.25, -0.2) is 13.2 Å². The van der Waals surface area contributed by atoms with Crippen LogP contribution in [-0.4, -0.2) is 33.4 Å². The number of carbonyl (C=O) groups excluding carboxylic acids is 2. The number of nitrogens with one attached hydrogen (secondary N) is 1. The summed E-state index contributed by atoms with van der Waals surface area (Å²) < 4.78 is 33.1. The number of carbonyl (C=O) groups is 2. The van der Waals surface area contributed by atoms with Crippen LogP contribution in [-0.2, 0) is 26.0 Å². The number of hydrogen-bond donors (Lipinski definition) is 1.